The molecule has 0 N–H and O–H groups in total. The minimum atomic E-state index is -0.491. The monoisotopic (exact) mass is 354 g/mol. The van der Waals surface area contributed by atoms with Crippen molar-refractivity contribution in [2.75, 3.05) is 0 Å². The number of hydrogen-bond acceptors (Lipinski definition) is 7. The SMILES string of the molecule is CC1C=Nc2nc3s/c(=C\c4ccc([N+](=O)[O-])cc4)c(=O)n3c(=O)c21. The highest BCUT2D eigenvalue weighted by Gasteiger charge is 2.23. The van der Waals surface area contributed by atoms with Gasteiger partial charge >= 0.3 is 0 Å². The van der Waals surface area contributed by atoms with Crippen molar-refractivity contribution in [1.29, 1.82) is 0 Å². The lowest BCUT2D eigenvalue weighted by atomic mass is 10.1. The Bertz CT molecular complexity index is 1220. The molecule has 0 saturated carbocycles. The summed E-state index contributed by atoms with van der Waals surface area (Å²) in [5.41, 5.74) is 0.180. The van der Waals surface area contributed by atoms with Crippen molar-refractivity contribution in [3.05, 3.63) is 70.7 Å². The van der Waals surface area contributed by atoms with Gasteiger partial charge in [0.25, 0.3) is 16.8 Å². The molecule has 4 rings (SSSR count). The number of nitro groups is 1. The fourth-order valence-corrected chi connectivity index (χ4v) is 3.65. The summed E-state index contributed by atoms with van der Waals surface area (Å²) in [5, 5.41) is 10.7. The van der Waals surface area contributed by atoms with Crippen LogP contribution in [0.5, 0.6) is 0 Å². The quantitative estimate of drug-likeness (QED) is 0.510. The van der Waals surface area contributed by atoms with Gasteiger partial charge in [0.05, 0.1) is 15.0 Å². The molecule has 0 spiro atoms. The van der Waals surface area contributed by atoms with E-state index in [1.165, 1.54) is 12.1 Å². The van der Waals surface area contributed by atoms with Crippen molar-refractivity contribution < 1.29 is 4.92 Å². The number of thiazole rings is 1. The molecule has 0 saturated heterocycles. The van der Waals surface area contributed by atoms with Crippen molar-refractivity contribution in [1.82, 2.24) is 9.38 Å². The van der Waals surface area contributed by atoms with Gasteiger partial charge in [0.1, 0.15) is 0 Å². The lowest BCUT2D eigenvalue weighted by Crippen LogP contribution is -2.32. The average Bonchev–Trinajstić information content (AvgIpc) is 3.09. The first-order valence-corrected chi connectivity index (χ1v) is 8.17. The fraction of sp³-hybridized carbons (Fsp3) is 0.125. The Morgan fingerprint density at radius 2 is 1.96 bits per heavy atom. The largest absolute Gasteiger partial charge is 0.277 e. The maximum atomic E-state index is 12.6. The summed E-state index contributed by atoms with van der Waals surface area (Å²) in [6.45, 7) is 1.82. The predicted molar refractivity (Wildman–Crippen MR) is 94.1 cm³/mol. The molecule has 2 aromatic heterocycles. The Labute approximate surface area is 143 Å². The third-order valence-corrected chi connectivity index (χ3v) is 4.93. The molecule has 0 aliphatic carbocycles. The van der Waals surface area contributed by atoms with Gasteiger partial charge in [-0.15, -0.1) is 0 Å². The lowest BCUT2D eigenvalue weighted by molar-refractivity contribution is -0.384. The van der Waals surface area contributed by atoms with Gasteiger partial charge in [-0.3, -0.25) is 19.7 Å². The molecule has 0 radical (unpaired) electrons. The molecule has 124 valence electrons. The van der Waals surface area contributed by atoms with Crippen LogP contribution in [0.1, 0.15) is 24.0 Å². The molecular weight excluding hydrogens is 344 g/mol. The van der Waals surface area contributed by atoms with Gasteiger partial charge in [0.2, 0.25) is 4.96 Å². The van der Waals surface area contributed by atoms with Gasteiger partial charge in [-0.25, -0.2) is 14.4 Å². The third kappa shape index (κ3) is 2.36. The maximum absolute atomic E-state index is 12.6. The number of benzene rings is 1. The van der Waals surface area contributed by atoms with E-state index in [0.717, 1.165) is 15.7 Å². The van der Waals surface area contributed by atoms with E-state index in [4.69, 9.17) is 0 Å². The molecule has 3 heterocycles. The number of aromatic nitrogens is 2. The molecule has 0 bridgehead atoms. The van der Waals surface area contributed by atoms with E-state index in [0.29, 0.717) is 21.5 Å². The zero-order valence-electron chi connectivity index (χ0n) is 12.9. The van der Waals surface area contributed by atoms with E-state index in [1.54, 1.807) is 24.4 Å². The molecule has 1 aromatic carbocycles. The fourth-order valence-electron chi connectivity index (χ4n) is 2.69. The van der Waals surface area contributed by atoms with Crippen LogP contribution in [0.25, 0.3) is 11.0 Å². The van der Waals surface area contributed by atoms with Gasteiger partial charge in [-0.2, -0.15) is 0 Å². The molecule has 1 unspecified atom stereocenters. The summed E-state index contributed by atoms with van der Waals surface area (Å²) in [6, 6.07) is 5.81. The third-order valence-electron chi connectivity index (χ3n) is 3.96. The molecular formula is C16H10N4O4S. The summed E-state index contributed by atoms with van der Waals surface area (Å²) >= 11 is 1.09. The number of nitro benzene ring substituents is 1. The minimum absolute atomic E-state index is 0.0306. The van der Waals surface area contributed by atoms with Crippen LogP contribution < -0.4 is 15.7 Å². The number of fused-ring (bicyclic) bond motifs is 2. The smallest absolute Gasteiger partial charge is 0.268 e. The highest BCUT2D eigenvalue weighted by atomic mass is 32.1. The second kappa shape index (κ2) is 5.42. The van der Waals surface area contributed by atoms with Gasteiger partial charge in [-0.05, 0) is 23.8 Å². The molecule has 3 aromatic rings. The topological polar surface area (TPSA) is 107 Å². The molecule has 0 amide bonds. The second-order valence-electron chi connectivity index (χ2n) is 5.60. The van der Waals surface area contributed by atoms with Crippen molar-refractivity contribution in [3.63, 3.8) is 0 Å². The summed E-state index contributed by atoms with van der Waals surface area (Å²) in [5.74, 6) is 0.189. The number of aliphatic imine (C=N–C) groups is 1. The molecule has 0 fully saturated rings. The Balaban J connectivity index is 1.92. The van der Waals surface area contributed by atoms with Gasteiger partial charge < -0.3 is 0 Å². The molecule has 9 heteroatoms. The van der Waals surface area contributed by atoms with E-state index < -0.39 is 16.0 Å². The van der Waals surface area contributed by atoms with E-state index in [2.05, 4.69) is 9.98 Å². The molecule has 1 aliphatic rings. The van der Waals surface area contributed by atoms with Gasteiger partial charge in [0, 0.05) is 24.3 Å². The first-order chi connectivity index (χ1) is 12.0. The summed E-state index contributed by atoms with van der Waals surface area (Å²) in [4.78, 5) is 44.1. The van der Waals surface area contributed by atoms with Crippen molar-refractivity contribution in [2.24, 2.45) is 4.99 Å². The Morgan fingerprint density at radius 1 is 1.24 bits per heavy atom. The standard InChI is InChI=1S/C16H10N4O4S/c1-8-7-17-13-12(8)15(22)19-14(21)11(25-16(19)18-13)6-9-2-4-10(5-3-9)20(23)24/h2-8H,1H3/b11-6-. The van der Waals surface area contributed by atoms with Crippen molar-refractivity contribution >= 4 is 40.1 Å². The zero-order valence-corrected chi connectivity index (χ0v) is 13.7. The number of hydrogen-bond donors (Lipinski definition) is 0. The highest BCUT2D eigenvalue weighted by Crippen LogP contribution is 2.26. The summed E-state index contributed by atoms with van der Waals surface area (Å²) in [7, 11) is 0. The predicted octanol–water partition coefficient (Wildman–Crippen LogP) is 1.39. The lowest BCUT2D eigenvalue weighted by Gasteiger charge is -2.00. The number of rotatable bonds is 2. The van der Waals surface area contributed by atoms with Crippen LogP contribution in [0.15, 0.2) is 38.8 Å². The van der Waals surface area contributed by atoms with Crippen LogP contribution >= 0.6 is 11.3 Å². The average molecular weight is 354 g/mol. The van der Waals surface area contributed by atoms with Crippen molar-refractivity contribution in [3.8, 4) is 0 Å². The van der Waals surface area contributed by atoms with Crippen LogP contribution in [0.3, 0.4) is 0 Å². The van der Waals surface area contributed by atoms with E-state index in [-0.39, 0.29) is 16.6 Å². The number of nitrogens with zero attached hydrogens (tertiary/aromatic N) is 4. The zero-order chi connectivity index (χ0) is 17.7. The van der Waals surface area contributed by atoms with Gasteiger partial charge in [0.15, 0.2) is 5.82 Å². The maximum Gasteiger partial charge on any atom is 0.277 e. The first kappa shape index (κ1) is 15.3. The minimum Gasteiger partial charge on any atom is -0.268 e. The summed E-state index contributed by atoms with van der Waals surface area (Å²) < 4.78 is 1.39. The Morgan fingerprint density at radius 3 is 2.64 bits per heavy atom. The van der Waals surface area contributed by atoms with Crippen molar-refractivity contribution in [2.45, 2.75) is 12.8 Å². The van der Waals surface area contributed by atoms with Crippen LogP contribution in [0.4, 0.5) is 11.5 Å². The second-order valence-corrected chi connectivity index (χ2v) is 6.61. The van der Waals surface area contributed by atoms with E-state index in [1.807, 2.05) is 6.92 Å². The van der Waals surface area contributed by atoms with Crippen LogP contribution in [-0.2, 0) is 0 Å². The molecule has 8 nitrogen and oxygen atoms in total. The Hall–Kier alpha value is -3.20. The number of non-ortho nitro benzene ring substituents is 1. The van der Waals surface area contributed by atoms with E-state index >= 15 is 0 Å². The highest BCUT2D eigenvalue weighted by molar-refractivity contribution is 7.15. The normalized spacial score (nSPS) is 16.5. The first-order valence-electron chi connectivity index (χ1n) is 7.35. The van der Waals surface area contributed by atoms with Crippen LogP contribution in [0.2, 0.25) is 0 Å². The Kier molecular flexibility index (Phi) is 3.32. The molecule has 1 atom stereocenters. The molecule has 25 heavy (non-hydrogen) atoms. The van der Waals surface area contributed by atoms with E-state index in [9.17, 15) is 19.7 Å². The summed E-state index contributed by atoms with van der Waals surface area (Å²) in [6.07, 6.45) is 3.22. The molecule has 1 aliphatic heterocycles. The van der Waals surface area contributed by atoms with Crippen LogP contribution in [-0.4, -0.2) is 20.5 Å². The van der Waals surface area contributed by atoms with Gasteiger partial charge in [-0.1, -0.05) is 18.3 Å². The van der Waals surface area contributed by atoms with Crippen LogP contribution in [0, 0.1) is 10.1 Å².